The van der Waals surface area contributed by atoms with E-state index >= 15 is 0 Å². The first-order valence-electron chi connectivity index (χ1n) is 11.1. The summed E-state index contributed by atoms with van der Waals surface area (Å²) < 4.78 is 18.7. The van der Waals surface area contributed by atoms with E-state index < -0.39 is 0 Å². The molecule has 1 amide bonds. The van der Waals surface area contributed by atoms with Crippen molar-refractivity contribution in [1.29, 1.82) is 0 Å². The van der Waals surface area contributed by atoms with Gasteiger partial charge < -0.3 is 9.42 Å². The maximum Gasteiger partial charge on any atom is 0.271 e. The number of piperidine rings is 1. The van der Waals surface area contributed by atoms with Crippen LogP contribution in [-0.2, 0) is 6.42 Å². The van der Waals surface area contributed by atoms with Gasteiger partial charge in [-0.3, -0.25) is 9.89 Å². The first-order valence-corrected chi connectivity index (χ1v) is 11.1. The molecule has 0 saturated carbocycles. The predicted octanol–water partition coefficient (Wildman–Crippen LogP) is 4.67. The summed E-state index contributed by atoms with van der Waals surface area (Å²) in [6.45, 7) is 3.33. The molecule has 2 aromatic carbocycles. The molecule has 1 fully saturated rings. The fourth-order valence-corrected chi connectivity index (χ4v) is 4.30. The van der Waals surface area contributed by atoms with Crippen molar-refractivity contribution in [1.82, 2.24) is 25.2 Å². The quantitative estimate of drug-likeness (QED) is 0.482. The Labute approximate surface area is 190 Å². The van der Waals surface area contributed by atoms with Crippen molar-refractivity contribution in [3.05, 3.63) is 77.6 Å². The van der Waals surface area contributed by atoms with Crippen molar-refractivity contribution in [2.24, 2.45) is 5.92 Å². The lowest BCUT2D eigenvalue weighted by molar-refractivity contribution is 0.0662. The van der Waals surface area contributed by atoms with Gasteiger partial charge in [-0.2, -0.15) is 10.1 Å². The first-order chi connectivity index (χ1) is 16.1. The fraction of sp³-hybridized carbons (Fsp3) is 0.280. The third kappa shape index (κ3) is 4.55. The van der Waals surface area contributed by atoms with Gasteiger partial charge >= 0.3 is 0 Å². The van der Waals surface area contributed by atoms with E-state index in [-0.39, 0.29) is 17.6 Å². The molecule has 5 rings (SSSR count). The summed E-state index contributed by atoms with van der Waals surface area (Å²) in [5, 5.41) is 11.2. The number of rotatable bonds is 5. The molecule has 1 atom stereocenters. The third-order valence-electron chi connectivity index (χ3n) is 6.07. The van der Waals surface area contributed by atoms with E-state index in [0.717, 1.165) is 29.5 Å². The van der Waals surface area contributed by atoms with E-state index in [1.165, 1.54) is 12.1 Å². The van der Waals surface area contributed by atoms with Crippen LogP contribution in [0, 0.1) is 18.7 Å². The number of nitrogens with one attached hydrogen (secondary N) is 1. The standard InChI is InChI=1S/C25H24FN5O2/c1-16-5-2-3-7-20(16)24-27-23(33-30-24)13-17-6-4-12-31(15-17)25(32)22-14-21(28-29-22)18-8-10-19(26)11-9-18/h2-3,5,7-11,14,17H,4,6,12-13,15H2,1H3,(H,28,29). The lowest BCUT2D eigenvalue weighted by atomic mass is 9.94. The van der Waals surface area contributed by atoms with Crippen LogP contribution in [0.15, 0.2) is 59.1 Å². The molecule has 33 heavy (non-hydrogen) atoms. The summed E-state index contributed by atoms with van der Waals surface area (Å²) in [5.74, 6) is 1.03. The van der Waals surface area contributed by atoms with Crippen molar-refractivity contribution in [3.63, 3.8) is 0 Å². The normalized spacial score (nSPS) is 16.2. The van der Waals surface area contributed by atoms with Gasteiger partial charge in [-0.1, -0.05) is 29.4 Å². The smallest absolute Gasteiger partial charge is 0.271 e. The largest absolute Gasteiger partial charge is 0.339 e. The van der Waals surface area contributed by atoms with Crippen LogP contribution in [0.4, 0.5) is 4.39 Å². The Morgan fingerprint density at radius 2 is 2.03 bits per heavy atom. The zero-order valence-electron chi connectivity index (χ0n) is 18.3. The predicted molar refractivity (Wildman–Crippen MR) is 121 cm³/mol. The molecule has 168 valence electrons. The second-order valence-corrected chi connectivity index (χ2v) is 8.46. The third-order valence-corrected chi connectivity index (χ3v) is 6.07. The molecule has 3 heterocycles. The summed E-state index contributed by atoms with van der Waals surface area (Å²) in [6, 6.07) is 15.7. The molecule has 4 aromatic rings. The number of amides is 1. The molecule has 0 aliphatic carbocycles. The molecular formula is C25H24FN5O2. The van der Waals surface area contributed by atoms with Gasteiger partial charge in [0.15, 0.2) is 0 Å². The Kier molecular flexibility index (Phi) is 5.73. The van der Waals surface area contributed by atoms with Crippen LogP contribution in [-0.4, -0.2) is 44.2 Å². The lowest BCUT2D eigenvalue weighted by Crippen LogP contribution is -2.40. The number of likely N-dealkylation sites (tertiary alicyclic amines) is 1. The maximum absolute atomic E-state index is 13.2. The zero-order valence-corrected chi connectivity index (χ0v) is 18.3. The molecule has 1 unspecified atom stereocenters. The number of nitrogens with zero attached hydrogens (tertiary/aromatic N) is 4. The molecule has 0 radical (unpaired) electrons. The van der Waals surface area contributed by atoms with Crippen LogP contribution in [0.3, 0.4) is 0 Å². The van der Waals surface area contributed by atoms with Crippen molar-refractivity contribution < 1.29 is 13.7 Å². The minimum absolute atomic E-state index is 0.0910. The highest BCUT2D eigenvalue weighted by atomic mass is 19.1. The van der Waals surface area contributed by atoms with E-state index in [9.17, 15) is 9.18 Å². The van der Waals surface area contributed by atoms with Crippen LogP contribution < -0.4 is 0 Å². The number of hydrogen-bond acceptors (Lipinski definition) is 5. The van der Waals surface area contributed by atoms with Crippen LogP contribution in [0.5, 0.6) is 0 Å². The van der Waals surface area contributed by atoms with Crippen LogP contribution >= 0.6 is 0 Å². The molecule has 1 aliphatic rings. The van der Waals surface area contributed by atoms with Gasteiger partial charge in [0.1, 0.15) is 11.5 Å². The zero-order chi connectivity index (χ0) is 22.8. The number of benzene rings is 2. The topological polar surface area (TPSA) is 87.9 Å². The van der Waals surface area contributed by atoms with Crippen molar-refractivity contribution in [3.8, 4) is 22.6 Å². The number of aromatic nitrogens is 4. The monoisotopic (exact) mass is 445 g/mol. The van der Waals surface area contributed by atoms with E-state index in [2.05, 4.69) is 20.3 Å². The average Bonchev–Trinajstić information content (AvgIpc) is 3.50. The van der Waals surface area contributed by atoms with E-state index in [1.807, 2.05) is 36.1 Å². The Bertz CT molecular complexity index is 1260. The molecule has 8 heteroatoms. The summed E-state index contributed by atoms with van der Waals surface area (Å²) >= 11 is 0. The van der Waals surface area contributed by atoms with Crippen molar-refractivity contribution >= 4 is 5.91 Å². The lowest BCUT2D eigenvalue weighted by Gasteiger charge is -2.31. The molecule has 0 spiro atoms. The molecule has 1 saturated heterocycles. The van der Waals surface area contributed by atoms with Crippen LogP contribution in [0.1, 0.15) is 34.8 Å². The summed E-state index contributed by atoms with van der Waals surface area (Å²) in [5.41, 5.74) is 3.85. The van der Waals surface area contributed by atoms with Gasteiger partial charge in [0.05, 0.1) is 5.69 Å². The van der Waals surface area contributed by atoms with Crippen LogP contribution in [0.25, 0.3) is 22.6 Å². The van der Waals surface area contributed by atoms with Gasteiger partial charge in [-0.05, 0) is 61.6 Å². The van der Waals surface area contributed by atoms with E-state index in [1.54, 1.807) is 18.2 Å². The van der Waals surface area contributed by atoms with E-state index in [0.29, 0.717) is 42.6 Å². The first kappa shape index (κ1) is 21.1. The SMILES string of the molecule is Cc1ccccc1-c1noc(CC2CCCN(C(=O)c3cc(-c4ccc(F)cc4)n[nH]3)C2)n1. The van der Waals surface area contributed by atoms with Gasteiger partial charge in [-0.25, -0.2) is 4.39 Å². The molecule has 2 aromatic heterocycles. The van der Waals surface area contributed by atoms with Crippen LogP contribution in [0.2, 0.25) is 0 Å². The molecule has 1 aliphatic heterocycles. The van der Waals surface area contributed by atoms with Gasteiger partial charge in [0.25, 0.3) is 5.91 Å². The van der Waals surface area contributed by atoms with Crippen molar-refractivity contribution in [2.75, 3.05) is 13.1 Å². The number of aromatic amines is 1. The highest BCUT2D eigenvalue weighted by molar-refractivity contribution is 5.93. The number of hydrogen-bond donors (Lipinski definition) is 1. The van der Waals surface area contributed by atoms with Gasteiger partial charge in [0, 0.05) is 30.6 Å². The maximum atomic E-state index is 13.2. The molecule has 0 bridgehead atoms. The highest BCUT2D eigenvalue weighted by Gasteiger charge is 2.27. The second kappa shape index (κ2) is 8.97. The van der Waals surface area contributed by atoms with Crippen molar-refractivity contribution in [2.45, 2.75) is 26.2 Å². The Morgan fingerprint density at radius 1 is 1.21 bits per heavy atom. The molecule has 7 nitrogen and oxygen atoms in total. The Hall–Kier alpha value is -3.81. The summed E-state index contributed by atoms with van der Waals surface area (Å²) in [4.78, 5) is 19.5. The number of H-pyrrole nitrogens is 1. The summed E-state index contributed by atoms with van der Waals surface area (Å²) in [7, 11) is 0. The minimum Gasteiger partial charge on any atom is -0.339 e. The average molecular weight is 445 g/mol. The molecular weight excluding hydrogens is 421 g/mol. The fourth-order valence-electron chi connectivity index (χ4n) is 4.30. The van der Waals surface area contributed by atoms with Gasteiger partial charge in [-0.15, -0.1) is 0 Å². The van der Waals surface area contributed by atoms with E-state index in [4.69, 9.17) is 4.52 Å². The number of halogens is 1. The minimum atomic E-state index is -0.308. The second-order valence-electron chi connectivity index (χ2n) is 8.46. The number of carbonyl (C=O) groups excluding carboxylic acids is 1. The Balaban J connectivity index is 1.24. The molecule has 1 N–H and O–H groups in total. The number of carbonyl (C=O) groups is 1. The van der Waals surface area contributed by atoms with Gasteiger partial charge in [0.2, 0.25) is 11.7 Å². The Morgan fingerprint density at radius 3 is 2.85 bits per heavy atom. The summed E-state index contributed by atoms with van der Waals surface area (Å²) in [6.07, 6.45) is 2.54. The highest BCUT2D eigenvalue weighted by Crippen LogP contribution is 2.25. The number of aryl methyl sites for hydroxylation is 1.